The van der Waals surface area contributed by atoms with Gasteiger partial charge >= 0.3 is 0 Å². The molecule has 0 fully saturated rings. The molecule has 0 N–H and O–H groups in total. The third-order valence-corrected chi connectivity index (χ3v) is 1.70. The van der Waals surface area contributed by atoms with Crippen molar-refractivity contribution in [3.05, 3.63) is 36.6 Å². The van der Waals surface area contributed by atoms with E-state index in [-0.39, 0.29) is 6.17 Å². The summed E-state index contributed by atoms with van der Waals surface area (Å²) in [6, 6.07) is 7.28. The average Bonchev–Trinajstić information content (AvgIpc) is 2.65. The minimum absolute atomic E-state index is 0.259. The molecule has 0 saturated carbocycles. The van der Waals surface area contributed by atoms with Crippen molar-refractivity contribution < 1.29 is 6.11 Å². The number of methoxy groups -OCH3 is 1. The van der Waals surface area contributed by atoms with Crippen molar-refractivity contribution in [2.75, 3.05) is 7.11 Å². The maximum absolute atomic E-state index is 7.49. The molecule has 66 valence electrons. The number of ether oxygens (including phenoxy) is 1. The summed E-state index contributed by atoms with van der Waals surface area (Å²) in [5, 5.41) is 7.41. The summed E-state index contributed by atoms with van der Waals surface area (Å²) < 4.78 is 14.0. The number of nitrogens with zero attached hydrogens (tertiary/aromatic N) is 3. The van der Waals surface area contributed by atoms with Gasteiger partial charge in [-0.2, -0.15) is 0 Å². The summed E-state index contributed by atoms with van der Waals surface area (Å²) in [5.41, 5.74) is 0.799. The second kappa shape index (κ2) is 3.26. The van der Waals surface area contributed by atoms with Crippen LogP contribution in [0.4, 0.5) is 0 Å². The van der Waals surface area contributed by atoms with E-state index in [1.54, 1.807) is 7.11 Å². The Hall–Kier alpha value is -1.84. The summed E-state index contributed by atoms with van der Waals surface area (Å²) >= 11 is 0. The van der Waals surface area contributed by atoms with E-state index in [9.17, 15) is 0 Å². The van der Waals surface area contributed by atoms with Gasteiger partial charge in [0.1, 0.15) is 5.75 Å². The lowest BCUT2D eigenvalue weighted by atomic mass is 10.3. The zero-order valence-electron chi connectivity index (χ0n) is 8.14. The zero-order chi connectivity index (χ0) is 9.97. The number of benzene rings is 1. The molecule has 0 aliphatic carbocycles. The summed E-state index contributed by atoms with van der Waals surface area (Å²) in [7, 11) is 1.61. The Labute approximate surface area is 77.2 Å². The Kier molecular flexibility index (Phi) is 1.67. The van der Waals surface area contributed by atoms with Crippen LogP contribution in [0, 0.1) is 0 Å². The van der Waals surface area contributed by atoms with Crippen LogP contribution < -0.4 is 4.74 Å². The van der Waals surface area contributed by atoms with Crippen LogP contribution in [0.25, 0.3) is 5.69 Å². The van der Waals surface area contributed by atoms with E-state index in [1.807, 2.05) is 24.3 Å². The minimum Gasteiger partial charge on any atom is -0.497 e. The quantitative estimate of drug-likeness (QED) is 0.691. The first-order chi connectivity index (χ1) is 6.81. The lowest BCUT2D eigenvalue weighted by Gasteiger charge is -2.01. The first-order valence-electron chi connectivity index (χ1n) is 4.33. The smallest absolute Gasteiger partial charge is 0.119 e. The topological polar surface area (TPSA) is 39.9 Å². The Morgan fingerprint density at radius 3 is 2.69 bits per heavy atom. The van der Waals surface area contributed by atoms with Gasteiger partial charge in [-0.1, -0.05) is 5.21 Å². The van der Waals surface area contributed by atoms with Crippen LogP contribution in [-0.2, 0) is 0 Å². The highest BCUT2D eigenvalue weighted by Gasteiger charge is 1.96. The minimum atomic E-state index is 0.259. The van der Waals surface area contributed by atoms with Gasteiger partial charge in [-0.3, -0.25) is 0 Å². The molecule has 0 aliphatic heterocycles. The van der Waals surface area contributed by atoms with Gasteiger partial charge in [-0.15, -0.1) is 5.10 Å². The summed E-state index contributed by atoms with van der Waals surface area (Å²) in [4.78, 5) is 0. The highest BCUT2D eigenvalue weighted by Crippen LogP contribution is 2.13. The van der Waals surface area contributed by atoms with Crippen LogP contribution >= 0.6 is 0 Å². The van der Waals surface area contributed by atoms with E-state index in [0.717, 1.165) is 11.4 Å². The largest absolute Gasteiger partial charge is 0.497 e. The second-order valence-electron chi connectivity index (χ2n) is 2.47. The van der Waals surface area contributed by atoms with Crippen molar-refractivity contribution in [2.45, 2.75) is 0 Å². The molecule has 4 heteroatoms. The number of hydrogen-bond donors (Lipinski definition) is 0. The predicted molar refractivity (Wildman–Crippen MR) is 47.9 cm³/mol. The van der Waals surface area contributed by atoms with Gasteiger partial charge in [0, 0.05) is 0 Å². The normalized spacial score (nSPS) is 11.0. The second-order valence-corrected chi connectivity index (χ2v) is 2.47. The Bertz CT molecular complexity index is 424. The Balaban J connectivity index is 2.39. The number of hydrogen-bond acceptors (Lipinski definition) is 3. The molecule has 1 aromatic carbocycles. The molecule has 0 spiro atoms. The summed E-state index contributed by atoms with van der Waals surface area (Å²) in [5.74, 6) is 0.778. The van der Waals surface area contributed by atoms with Crippen molar-refractivity contribution >= 4 is 0 Å². The molecular weight excluding hydrogens is 166 g/mol. The Morgan fingerprint density at radius 1 is 1.38 bits per heavy atom. The van der Waals surface area contributed by atoms with Crippen LogP contribution in [0.5, 0.6) is 5.75 Å². The van der Waals surface area contributed by atoms with E-state index >= 15 is 0 Å². The third kappa shape index (κ3) is 1.51. The molecule has 2 aromatic rings. The van der Waals surface area contributed by atoms with Crippen LogP contribution in [0.3, 0.4) is 0 Å². The molecule has 0 saturated heterocycles. The van der Waals surface area contributed by atoms with Crippen molar-refractivity contribution in [1.82, 2.24) is 15.0 Å². The average molecular weight is 176 g/mol. The van der Waals surface area contributed by atoms with Crippen molar-refractivity contribution in [3.8, 4) is 11.4 Å². The van der Waals surface area contributed by atoms with Crippen LogP contribution in [-0.4, -0.2) is 22.1 Å². The Morgan fingerprint density at radius 2 is 2.15 bits per heavy atom. The van der Waals surface area contributed by atoms with Gasteiger partial charge in [-0.05, 0) is 24.3 Å². The molecule has 1 aromatic heterocycles. The fourth-order valence-electron chi connectivity index (χ4n) is 1.03. The molecular formula is C9H9N3O. The fraction of sp³-hybridized carbons (Fsp3) is 0.111. The molecule has 0 amide bonds. The summed E-state index contributed by atoms with van der Waals surface area (Å²) in [6.07, 6.45) is 1.65. The maximum Gasteiger partial charge on any atom is 0.119 e. The maximum atomic E-state index is 7.49. The first-order valence-corrected chi connectivity index (χ1v) is 3.83. The molecule has 4 nitrogen and oxygen atoms in total. The highest BCUT2D eigenvalue weighted by molar-refractivity contribution is 5.36. The van der Waals surface area contributed by atoms with Gasteiger partial charge in [0.2, 0.25) is 0 Å². The highest BCUT2D eigenvalue weighted by atomic mass is 16.5. The van der Waals surface area contributed by atoms with E-state index in [1.165, 1.54) is 10.9 Å². The molecule has 0 bridgehead atoms. The van der Waals surface area contributed by atoms with Crippen LogP contribution in [0.1, 0.15) is 1.37 Å². The van der Waals surface area contributed by atoms with E-state index in [0.29, 0.717) is 0 Å². The molecule has 0 radical (unpaired) electrons. The van der Waals surface area contributed by atoms with Crippen molar-refractivity contribution in [3.63, 3.8) is 0 Å². The lowest BCUT2D eigenvalue weighted by Crippen LogP contribution is -1.94. The monoisotopic (exact) mass is 176 g/mol. The van der Waals surface area contributed by atoms with E-state index < -0.39 is 0 Å². The van der Waals surface area contributed by atoms with Gasteiger partial charge in [0.25, 0.3) is 0 Å². The lowest BCUT2D eigenvalue weighted by molar-refractivity contribution is 0.414. The van der Waals surface area contributed by atoms with Crippen LogP contribution in [0.2, 0.25) is 0 Å². The predicted octanol–water partition coefficient (Wildman–Crippen LogP) is 1.28. The molecule has 0 aliphatic rings. The molecule has 2 rings (SSSR count). The van der Waals surface area contributed by atoms with Gasteiger partial charge in [-0.25, -0.2) is 4.68 Å². The molecule has 0 atom stereocenters. The number of aromatic nitrogens is 3. The van der Waals surface area contributed by atoms with E-state index in [2.05, 4.69) is 10.3 Å². The number of rotatable bonds is 2. The molecule has 1 heterocycles. The first kappa shape index (κ1) is 6.65. The van der Waals surface area contributed by atoms with Crippen LogP contribution in [0.15, 0.2) is 36.6 Å². The van der Waals surface area contributed by atoms with Gasteiger partial charge < -0.3 is 4.74 Å². The van der Waals surface area contributed by atoms with Crippen molar-refractivity contribution in [2.24, 2.45) is 0 Å². The standard InChI is InChI=1S/C9H9N3O/c1-13-9-4-2-8(3-5-9)12-7-6-10-11-12/h2-7H,1H3/i7D. The van der Waals surface area contributed by atoms with Gasteiger partial charge in [0.15, 0.2) is 0 Å². The third-order valence-electron chi connectivity index (χ3n) is 1.70. The molecule has 13 heavy (non-hydrogen) atoms. The zero-order valence-corrected chi connectivity index (χ0v) is 7.14. The van der Waals surface area contributed by atoms with Crippen molar-refractivity contribution in [1.29, 1.82) is 0 Å². The SMILES string of the molecule is [2H]c1cnnn1-c1ccc(OC)cc1. The van der Waals surface area contributed by atoms with Gasteiger partial charge in [0.05, 0.1) is 26.5 Å². The fourth-order valence-corrected chi connectivity index (χ4v) is 1.03. The van der Waals surface area contributed by atoms with E-state index in [4.69, 9.17) is 6.11 Å². The molecule has 0 unspecified atom stereocenters. The summed E-state index contributed by atoms with van der Waals surface area (Å²) in [6.45, 7) is 0.